The van der Waals surface area contributed by atoms with E-state index in [0.717, 1.165) is 48.2 Å². The monoisotopic (exact) mass is 411 g/mol. The van der Waals surface area contributed by atoms with E-state index in [2.05, 4.69) is 22.5 Å². The van der Waals surface area contributed by atoms with Gasteiger partial charge in [0.05, 0.1) is 7.11 Å². The number of nitrogens with zero attached hydrogens (tertiary/aromatic N) is 1. The van der Waals surface area contributed by atoms with Crippen LogP contribution in [0.5, 0.6) is 5.75 Å². The zero-order valence-electron chi connectivity index (χ0n) is 12.2. The Balaban J connectivity index is 0.00000361. The molecule has 0 spiro atoms. The van der Waals surface area contributed by atoms with Gasteiger partial charge in [0.2, 0.25) is 0 Å². The predicted octanol–water partition coefficient (Wildman–Crippen LogP) is 3.08. The van der Waals surface area contributed by atoms with Crippen LogP contribution in [0.4, 0.5) is 0 Å². The molecule has 0 aliphatic heterocycles. The van der Waals surface area contributed by atoms with E-state index in [4.69, 9.17) is 16.3 Å². The van der Waals surface area contributed by atoms with Crippen molar-refractivity contribution in [2.24, 2.45) is 4.99 Å². The highest BCUT2D eigenvalue weighted by atomic mass is 127. The molecule has 0 heterocycles. The van der Waals surface area contributed by atoms with Gasteiger partial charge in [-0.2, -0.15) is 0 Å². The Labute approximate surface area is 143 Å². The lowest BCUT2D eigenvalue weighted by atomic mass is 10.1. The first-order chi connectivity index (χ1) is 9.21. The summed E-state index contributed by atoms with van der Waals surface area (Å²) in [5, 5.41) is 7.22. The van der Waals surface area contributed by atoms with Gasteiger partial charge in [-0.3, -0.25) is 4.99 Å². The third kappa shape index (κ3) is 6.65. The molecule has 0 fully saturated rings. The molecule has 2 N–H and O–H groups in total. The minimum atomic E-state index is 0. The van der Waals surface area contributed by atoms with Gasteiger partial charge in [0.15, 0.2) is 5.96 Å². The summed E-state index contributed by atoms with van der Waals surface area (Å²) in [7, 11) is 3.40. The van der Waals surface area contributed by atoms with Crippen LogP contribution in [0.15, 0.2) is 23.2 Å². The maximum atomic E-state index is 6.19. The highest BCUT2D eigenvalue weighted by Gasteiger charge is 2.03. The molecule has 1 rings (SSSR count). The van der Waals surface area contributed by atoms with Crippen LogP contribution >= 0.6 is 35.6 Å². The summed E-state index contributed by atoms with van der Waals surface area (Å²) in [5.74, 6) is 1.61. The average molecular weight is 412 g/mol. The van der Waals surface area contributed by atoms with Crippen LogP contribution in [0.3, 0.4) is 0 Å². The number of halogens is 2. The molecule has 0 bridgehead atoms. The molecule has 1 aromatic carbocycles. The average Bonchev–Trinajstić information content (AvgIpc) is 2.44. The molecule has 0 radical (unpaired) electrons. The van der Waals surface area contributed by atoms with E-state index in [1.165, 1.54) is 0 Å². The van der Waals surface area contributed by atoms with E-state index in [1.54, 1.807) is 14.2 Å². The fourth-order valence-corrected chi connectivity index (χ4v) is 1.90. The van der Waals surface area contributed by atoms with Crippen molar-refractivity contribution in [1.82, 2.24) is 10.6 Å². The fraction of sp³-hybridized carbons (Fsp3) is 0.500. The van der Waals surface area contributed by atoms with Gasteiger partial charge >= 0.3 is 0 Å². The minimum absolute atomic E-state index is 0. The second-order valence-corrected chi connectivity index (χ2v) is 4.54. The fourth-order valence-electron chi connectivity index (χ4n) is 1.64. The van der Waals surface area contributed by atoms with E-state index in [9.17, 15) is 0 Å². The Morgan fingerprint density at radius 3 is 2.55 bits per heavy atom. The van der Waals surface area contributed by atoms with Crippen molar-refractivity contribution in [2.45, 2.75) is 19.8 Å². The van der Waals surface area contributed by atoms with Crippen molar-refractivity contribution < 1.29 is 4.74 Å². The molecule has 1 aromatic rings. The standard InChI is InChI=1S/C14H22ClN3O.HI/c1-4-8-17-14(16-2)18-9-7-11-5-6-12(19-3)10-13(11)15;/h5-6,10H,4,7-9H2,1-3H3,(H2,16,17,18);1H. The lowest BCUT2D eigenvalue weighted by molar-refractivity contribution is 0.414. The number of aliphatic imine (C=N–C) groups is 1. The Morgan fingerprint density at radius 1 is 1.30 bits per heavy atom. The third-order valence-corrected chi connectivity index (χ3v) is 3.06. The van der Waals surface area contributed by atoms with Crippen molar-refractivity contribution in [2.75, 3.05) is 27.2 Å². The number of methoxy groups -OCH3 is 1. The minimum Gasteiger partial charge on any atom is -0.497 e. The van der Waals surface area contributed by atoms with Crippen LogP contribution in [0.2, 0.25) is 5.02 Å². The summed E-state index contributed by atoms with van der Waals surface area (Å²) in [6, 6.07) is 5.75. The van der Waals surface area contributed by atoms with Crippen molar-refractivity contribution in [1.29, 1.82) is 0 Å². The van der Waals surface area contributed by atoms with Crippen LogP contribution in [0.1, 0.15) is 18.9 Å². The molecule has 0 atom stereocenters. The van der Waals surface area contributed by atoms with Crippen molar-refractivity contribution in [3.8, 4) is 5.75 Å². The SMILES string of the molecule is CCCNC(=NC)NCCc1ccc(OC)cc1Cl.I. The first-order valence-electron chi connectivity index (χ1n) is 6.48. The summed E-state index contributed by atoms with van der Waals surface area (Å²) < 4.78 is 5.13. The lowest BCUT2D eigenvalue weighted by Gasteiger charge is -2.12. The third-order valence-electron chi connectivity index (χ3n) is 2.71. The quantitative estimate of drug-likeness (QED) is 0.430. The maximum absolute atomic E-state index is 6.19. The second-order valence-electron chi connectivity index (χ2n) is 4.13. The van der Waals surface area contributed by atoms with Crippen molar-refractivity contribution >= 4 is 41.5 Å². The Bertz CT molecular complexity index is 427. The van der Waals surface area contributed by atoms with Gasteiger partial charge in [-0.25, -0.2) is 0 Å². The normalized spacial score (nSPS) is 10.7. The number of ether oxygens (including phenoxy) is 1. The van der Waals surface area contributed by atoms with E-state index >= 15 is 0 Å². The number of guanidine groups is 1. The number of nitrogens with one attached hydrogen (secondary N) is 2. The predicted molar refractivity (Wildman–Crippen MR) is 96.8 cm³/mol. The zero-order chi connectivity index (χ0) is 14.1. The van der Waals surface area contributed by atoms with Crippen LogP contribution < -0.4 is 15.4 Å². The summed E-state index contributed by atoms with van der Waals surface area (Å²) in [5.41, 5.74) is 1.10. The molecule has 0 aromatic heterocycles. The van der Waals surface area contributed by atoms with Gasteiger partial charge in [0.1, 0.15) is 5.75 Å². The molecule has 0 saturated carbocycles. The van der Waals surface area contributed by atoms with Gasteiger partial charge in [-0.1, -0.05) is 24.6 Å². The second kappa shape index (κ2) is 11.0. The van der Waals surface area contributed by atoms with E-state index in [-0.39, 0.29) is 24.0 Å². The Kier molecular flexibility index (Phi) is 10.6. The van der Waals surface area contributed by atoms with Crippen LogP contribution in [-0.2, 0) is 6.42 Å². The Hall–Kier alpha value is -0.690. The zero-order valence-corrected chi connectivity index (χ0v) is 15.3. The first kappa shape index (κ1) is 19.3. The van der Waals surface area contributed by atoms with Gasteiger partial charge in [-0.05, 0) is 30.5 Å². The lowest BCUT2D eigenvalue weighted by Crippen LogP contribution is -2.38. The molecule has 0 unspecified atom stereocenters. The largest absolute Gasteiger partial charge is 0.497 e. The summed E-state index contributed by atoms with van der Waals surface area (Å²) in [4.78, 5) is 4.15. The van der Waals surface area contributed by atoms with Gasteiger partial charge in [-0.15, -0.1) is 24.0 Å². The molecule has 0 saturated heterocycles. The first-order valence-corrected chi connectivity index (χ1v) is 6.86. The highest BCUT2D eigenvalue weighted by molar-refractivity contribution is 14.0. The number of benzene rings is 1. The molecular formula is C14H23ClIN3O. The van der Waals surface area contributed by atoms with Crippen LogP contribution in [0.25, 0.3) is 0 Å². The van der Waals surface area contributed by atoms with Gasteiger partial charge < -0.3 is 15.4 Å². The topological polar surface area (TPSA) is 45.7 Å². The summed E-state index contributed by atoms with van der Waals surface area (Å²) in [6.07, 6.45) is 1.92. The molecule has 20 heavy (non-hydrogen) atoms. The molecule has 0 amide bonds. The van der Waals surface area contributed by atoms with Gasteiger partial charge in [0, 0.05) is 25.2 Å². The number of hydrogen-bond acceptors (Lipinski definition) is 2. The maximum Gasteiger partial charge on any atom is 0.190 e. The van der Waals surface area contributed by atoms with Crippen LogP contribution in [-0.4, -0.2) is 33.2 Å². The van der Waals surface area contributed by atoms with Crippen molar-refractivity contribution in [3.63, 3.8) is 0 Å². The number of rotatable bonds is 6. The van der Waals surface area contributed by atoms with Crippen LogP contribution in [0, 0.1) is 0 Å². The highest BCUT2D eigenvalue weighted by Crippen LogP contribution is 2.22. The smallest absolute Gasteiger partial charge is 0.190 e. The summed E-state index contributed by atoms with van der Waals surface area (Å²) in [6.45, 7) is 3.83. The van der Waals surface area contributed by atoms with Crippen molar-refractivity contribution in [3.05, 3.63) is 28.8 Å². The summed E-state index contributed by atoms with van der Waals surface area (Å²) >= 11 is 6.19. The molecule has 6 heteroatoms. The molecule has 0 aliphatic carbocycles. The number of hydrogen-bond donors (Lipinski definition) is 2. The molecular weight excluding hydrogens is 389 g/mol. The molecule has 0 aliphatic rings. The van der Waals surface area contributed by atoms with E-state index in [0.29, 0.717) is 0 Å². The van der Waals surface area contributed by atoms with Gasteiger partial charge in [0.25, 0.3) is 0 Å². The molecule has 4 nitrogen and oxygen atoms in total. The molecule has 114 valence electrons. The van der Waals surface area contributed by atoms with E-state index < -0.39 is 0 Å². The Morgan fingerprint density at radius 2 is 2.00 bits per heavy atom. The van der Waals surface area contributed by atoms with E-state index in [1.807, 2.05) is 18.2 Å².